The van der Waals surface area contributed by atoms with Crippen molar-refractivity contribution in [3.05, 3.63) is 53.9 Å². The van der Waals surface area contributed by atoms with Gasteiger partial charge in [-0.3, -0.25) is 10.1 Å². The number of pyridine rings is 2. The van der Waals surface area contributed by atoms with E-state index >= 15 is 0 Å². The van der Waals surface area contributed by atoms with E-state index in [4.69, 9.17) is 15.7 Å². The molecule has 1 saturated heterocycles. The molecule has 0 aromatic carbocycles. The lowest BCUT2D eigenvalue weighted by Gasteiger charge is -2.37. The molecule has 7 rings (SSSR count). The summed E-state index contributed by atoms with van der Waals surface area (Å²) in [5, 5.41) is 8.32. The van der Waals surface area contributed by atoms with Gasteiger partial charge in [0.1, 0.15) is 11.5 Å². The Kier molecular flexibility index (Phi) is 4.41. The quantitative estimate of drug-likeness (QED) is 0.348. The van der Waals surface area contributed by atoms with Gasteiger partial charge in [-0.15, -0.1) is 11.3 Å². The molecule has 1 fully saturated rings. The molecule has 172 valence electrons. The maximum absolute atomic E-state index is 5.93. The second-order valence-corrected chi connectivity index (χ2v) is 9.96. The van der Waals surface area contributed by atoms with Gasteiger partial charge in [0.2, 0.25) is 0 Å². The van der Waals surface area contributed by atoms with E-state index in [1.165, 1.54) is 9.75 Å². The number of aromatic nitrogens is 8. The van der Waals surface area contributed by atoms with E-state index in [0.29, 0.717) is 17.1 Å². The summed E-state index contributed by atoms with van der Waals surface area (Å²) in [6.07, 6.45) is 7.06. The molecule has 0 aliphatic carbocycles. The van der Waals surface area contributed by atoms with E-state index in [1.54, 1.807) is 36.1 Å². The monoisotopic (exact) mass is 480 g/mol. The molecule has 6 aromatic heterocycles. The third-order valence-electron chi connectivity index (χ3n) is 6.20. The fourth-order valence-electron chi connectivity index (χ4n) is 4.38. The van der Waals surface area contributed by atoms with Crippen LogP contribution in [0.4, 0.5) is 5.82 Å². The Hall–Kier alpha value is -4.22. The van der Waals surface area contributed by atoms with Gasteiger partial charge >= 0.3 is 0 Å². The number of nitrogens with one attached hydrogen (secondary N) is 2. The summed E-state index contributed by atoms with van der Waals surface area (Å²) >= 11 is 1.74. The minimum atomic E-state index is 0.189. The average Bonchev–Trinajstić information content (AvgIpc) is 3.59. The van der Waals surface area contributed by atoms with Crippen LogP contribution in [0.1, 0.15) is 4.88 Å². The predicted molar refractivity (Wildman–Crippen MR) is 136 cm³/mol. The number of rotatable bonds is 4. The number of hydrogen-bond donors (Lipinski definition) is 3. The van der Waals surface area contributed by atoms with Gasteiger partial charge in [-0.05, 0) is 31.2 Å². The zero-order chi connectivity index (χ0) is 23.5. The normalized spacial score (nSPS) is 14.2. The number of aromatic amines is 2. The van der Waals surface area contributed by atoms with Crippen molar-refractivity contribution in [2.75, 3.05) is 18.0 Å². The first-order valence-corrected chi connectivity index (χ1v) is 12.0. The molecular weight excluding hydrogens is 460 g/mol. The van der Waals surface area contributed by atoms with Gasteiger partial charge in [0.15, 0.2) is 17.1 Å². The highest BCUT2D eigenvalue weighted by Crippen LogP contribution is 2.34. The zero-order valence-corrected chi connectivity index (χ0v) is 19.5. The maximum atomic E-state index is 5.93. The first-order valence-electron chi connectivity index (χ1n) is 11.2. The van der Waals surface area contributed by atoms with E-state index < -0.39 is 0 Å². The Balaban J connectivity index is 1.31. The minimum Gasteiger partial charge on any atom is -0.352 e. The zero-order valence-electron chi connectivity index (χ0n) is 18.7. The lowest BCUT2D eigenvalue weighted by atomic mass is 10.1. The molecule has 0 saturated carbocycles. The van der Waals surface area contributed by atoms with Crippen molar-refractivity contribution in [3.63, 3.8) is 0 Å². The van der Waals surface area contributed by atoms with E-state index in [1.807, 2.05) is 12.1 Å². The van der Waals surface area contributed by atoms with Gasteiger partial charge in [-0.25, -0.2) is 19.9 Å². The van der Waals surface area contributed by atoms with Crippen molar-refractivity contribution in [1.82, 2.24) is 40.1 Å². The van der Waals surface area contributed by atoms with Crippen LogP contribution >= 0.6 is 11.3 Å². The summed E-state index contributed by atoms with van der Waals surface area (Å²) in [6, 6.07) is 8.46. The number of nitrogens with zero attached hydrogens (tertiary/aromatic N) is 7. The van der Waals surface area contributed by atoms with Crippen LogP contribution in [-0.4, -0.2) is 59.2 Å². The van der Waals surface area contributed by atoms with Crippen molar-refractivity contribution < 1.29 is 0 Å². The minimum absolute atomic E-state index is 0.189. The number of fused-ring (bicyclic) bond motifs is 2. The van der Waals surface area contributed by atoms with E-state index in [-0.39, 0.29) is 6.04 Å². The number of imidazole rings is 1. The van der Waals surface area contributed by atoms with Crippen LogP contribution < -0.4 is 10.6 Å². The first-order chi connectivity index (χ1) is 17.1. The summed E-state index contributed by atoms with van der Waals surface area (Å²) in [5.74, 6) is 1.47. The third-order valence-corrected chi connectivity index (χ3v) is 7.23. The van der Waals surface area contributed by atoms with Gasteiger partial charge in [-0.1, -0.05) is 0 Å². The number of aryl methyl sites for hydroxylation is 1. The molecule has 1 aliphatic rings. The largest absolute Gasteiger partial charge is 0.352 e. The molecule has 4 N–H and O–H groups in total. The third kappa shape index (κ3) is 3.35. The van der Waals surface area contributed by atoms with E-state index in [9.17, 15) is 0 Å². The Labute approximate surface area is 203 Å². The molecule has 1 aliphatic heterocycles. The van der Waals surface area contributed by atoms with Gasteiger partial charge in [0, 0.05) is 52.4 Å². The highest BCUT2D eigenvalue weighted by Gasteiger charge is 2.25. The Morgan fingerprint density at radius 3 is 2.80 bits per heavy atom. The number of hydrogen-bond acceptors (Lipinski definition) is 9. The fourth-order valence-corrected chi connectivity index (χ4v) is 5.28. The van der Waals surface area contributed by atoms with Crippen molar-refractivity contribution >= 4 is 39.4 Å². The topological polar surface area (TPSA) is 138 Å². The smallest absolute Gasteiger partial charge is 0.181 e. The van der Waals surface area contributed by atoms with Gasteiger partial charge < -0.3 is 15.6 Å². The van der Waals surface area contributed by atoms with E-state index in [2.05, 4.69) is 54.1 Å². The molecule has 10 nitrogen and oxygen atoms in total. The SMILES string of the molecule is Cc1ccc(-c2ccnc3nc(-c4[nH]nc5ncc(-c6cncc(N7CC(N)C7)n6)cc45)[nH]c23)s1. The summed E-state index contributed by atoms with van der Waals surface area (Å²) < 4.78 is 0. The average molecular weight is 481 g/mol. The van der Waals surface area contributed by atoms with Crippen LogP contribution in [0.5, 0.6) is 0 Å². The Morgan fingerprint density at radius 1 is 1.06 bits per heavy atom. The predicted octanol–water partition coefficient (Wildman–Crippen LogP) is 3.54. The van der Waals surface area contributed by atoms with Crippen LogP contribution in [0, 0.1) is 6.92 Å². The summed E-state index contributed by atoms with van der Waals surface area (Å²) in [4.78, 5) is 30.9. The molecule has 0 amide bonds. The van der Waals surface area contributed by atoms with Gasteiger partial charge in [-0.2, -0.15) is 5.10 Å². The molecule has 11 heteroatoms. The molecule has 0 unspecified atom stereocenters. The Bertz CT molecular complexity index is 1710. The fraction of sp³-hybridized carbons (Fsp3) is 0.167. The number of nitrogens with two attached hydrogens (primary N) is 1. The molecule has 0 radical (unpaired) electrons. The van der Waals surface area contributed by atoms with Crippen molar-refractivity contribution in [1.29, 1.82) is 0 Å². The highest BCUT2D eigenvalue weighted by molar-refractivity contribution is 7.15. The Morgan fingerprint density at radius 2 is 1.97 bits per heavy atom. The van der Waals surface area contributed by atoms with E-state index in [0.717, 1.165) is 52.3 Å². The lowest BCUT2D eigenvalue weighted by molar-refractivity contribution is 0.514. The van der Waals surface area contributed by atoms with Gasteiger partial charge in [0.25, 0.3) is 0 Å². The maximum Gasteiger partial charge on any atom is 0.181 e. The number of anilines is 1. The van der Waals surface area contributed by atoms with Crippen molar-refractivity contribution in [3.8, 4) is 33.2 Å². The second-order valence-electron chi connectivity index (χ2n) is 8.67. The molecule has 0 bridgehead atoms. The molecule has 35 heavy (non-hydrogen) atoms. The van der Waals surface area contributed by atoms with Gasteiger partial charge in [0.05, 0.1) is 29.0 Å². The standard InChI is InChI=1S/C24H20N10S/c1-12-2-3-18(35-12)15-4-5-27-23-20(15)30-24(31-23)21-16-6-13(7-28-22(16)33-32-21)17-8-26-9-19(29-17)34-10-14(25)11-34/h2-9,14H,10-11,25H2,1H3,(H,27,30,31)(H,28,32,33). The lowest BCUT2D eigenvalue weighted by Crippen LogP contribution is -2.56. The molecule has 0 atom stereocenters. The summed E-state index contributed by atoms with van der Waals surface area (Å²) in [6.45, 7) is 3.67. The van der Waals surface area contributed by atoms with Crippen LogP contribution in [0.3, 0.4) is 0 Å². The van der Waals surface area contributed by atoms with Crippen LogP contribution in [0.2, 0.25) is 0 Å². The number of thiophene rings is 1. The van der Waals surface area contributed by atoms with Crippen molar-refractivity contribution in [2.45, 2.75) is 13.0 Å². The van der Waals surface area contributed by atoms with Crippen LogP contribution in [0.15, 0.2) is 49.1 Å². The molecule has 6 aromatic rings. The van der Waals surface area contributed by atoms with Crippen molar-refractivity contribution in [2.24, 2.45) is 5.73 Å². The number of H-pyrrole nitrogens is 2. The molecular formula is C24H20N10S. The van der Waals surface area contributed by atoms with Crippen LogP contribution in [0.25, 0.3) is 55.4 Å². The second kappa shape index (κ2) is 7.65. The molecule has 0 spiro atoms. The van der Waals surface area contributed by atoms with Crippen LogP contribution in [-0.2, 0) is 0 Å². The first kappa shape index (κ1) is 20.2. The molecule has 7 heterocycles. The summed E-state index contributed by atoms with van der Waals surface area (Å²) in [5.41, 5.74) is 11.5. The summed E-state index contributed by atoms with van der Waals surface area (Å²) in [7, 11) is 0. The highest BCUT2D eigenvalue weighted by atomic mass is 32.1.